The fourth-order valence-corrected chi connectivity index (χ4v) is 2.88. The van der Waals surface area contributed by atoms with E-state index in [1.54, 1.807) is 4.68 Å². The lowest BCUT2D eigenvalue weighted by Crippen LogP contribution is -2.44. The first-order valence-corrected chi connectivity index (χ1v) is 8.06. The summed E-state index contributed by atoms with van der Waals surface area (Å²) >= 11 is 0. The molecule has 5 nitrogen and oxygen atoms in total. The largest absolute Gasteiger partial charge is 0.337 e. The molecule has 0 aromatic carbocycles. The number of rotatable bonds is 5. The number of carbonyl (C=O) groups is 1. The average molecular weight is 292 g/mol. The van der Waals surface area contributed by atoms with E-state index in [0.717, 1.165) is 38.2 Å². The Morgan fingerprint density at radius 3 is 2.90 bits per heavy atom. The summed E-state index contributed by atoms with van der Waals surface area (Å²) in [5, 5.41) is 7.86. The number of carbonyl (C=O) groups excluding carboxylic acids is 1. The van der Waals surface area contributed by atoms with Gasteiger partial charge in [0.1, 0.15) is 5.69 Å². The van der Waals surface area contributed by atoms with Crippen molar-refractivity contribution in [1.29, 1.82) is 0 Å². The Balaban J connectivity index is 1.99. The molecule has 1 unspecified atom stereocenters. The maximum absolute atomic E-state index is 12.7. The SMILES string of the molecule is CCc1cc(C(=O)N2CCCC(CNC(C)C)C2)n(C)n1. The van der Waals surface area contributed by atoms with Crippen molar-refractivity contribution in [3.8, 4) is 0 Å². The summed E-state index contributed by atoms with van der Waals surface area (Å²) in [6.07, 6.45) is 3.16. The molecule has 1 N–H and O–H groups in total. The van der Waals surface area contributed by atoms with Crippen molar-refractivity contribution in [2.24, 2.45) is 13.0 Å². The lowest BCUT2D eigenvalue weighted by molar-refractivity contribution is 0.0661. The molecule has 118 valence electrons. The van der Waals surface area contributed by atoms with E-state index in [9.17, 15) is 4.79 Å². The molecule has 1 amide bonds. The second-order valence-corrected chi connectivity index (χ2v) is 6.32. The minimum atomic E-state index is 0.124. The van der Waals surface area contributed by atoms with Gasteiger partial charge in [-0.2, -0.15) is 5.10 Å². The second-order valence-electron chi connectivity index (χ2n) is 6.32. The van der Waals surface area contributed by atoms with E-state index in [1.807, 2.05) is 18.0 Å². The second kappa shape index (κ2) is 7.07. The van der Waals surface area contributed by atoms with Gasteiger partial charge in [-0.05, 0) is 37.8 Å². The number of piperidine rings is 1. The summed E-state index contributed by atoms with van der Waals surface area (Å²) in [7, 11) is 1.86. The van der Waals surface area contributed by atoms with Crippen LogP contribution in [-0.2, 0) is 13.5 Å². The van der Waals surface area contributed by atoms with Gasteiger partial charge in [-0.25, -0.2) is 0 Å². The first kappa shape index (κ1) is 16.0. The number of aryl methyl sites for hydroxylation is 2. The zero-order chi connectivity index (χ0) is 15.4. The highest BCUT2D eigenvalue weighted by molar-refractivity contribution is 5.92. The molecule has 0 bridgehead atoms. The Morgan fingerprint density at radius 1 is 1.52 bits per heavy atom. The highest BCUT2D eigenvalue weighted by atomic mass is 16.2. The van der Waals surface area contributed by atoms with Crippen molar-refractivity contribution in [3.05, 3.63) is 17.5 Å². The lowest BCUT2D eigenvalue weighted by atomic mass is 9.97. The Hall–Kier alpha value is -1.36. The smallest absolute Gasteiger partial charge is 0.272 e. The van der Waals surface area contributed by atoms with Gasteiger partial charge in [0.25, 0.3) is 5.91 Å². The molecule has 1 aromatic rings. The fraction of sp³-hybridized carbons (Fsp3) is 0.750. The van der Waals surface area contributed by atoms with Gasteiger partial charge in [0.05, 0.1) is 5.69 Å². The van der Waals surface area contributed by atoms with Gasteiger partial charge < -0.3 is 10.2 Å². The first-order valence-electron chi connectivity index (χ1n) is 8.06. The molecular weight excluding hydrogens is 264 g/mol. The van der Waals surface area contributed by atoms with Gasteiger partial charge in [0.15, 0.2) is 0 Å². The van der Waals surface area contributed by atoms with Crippen LogP contribution in [0.1, 0.15) is 49.8 Å². The van der Waals surface area contributed by atoms with E-state index in [2.05, 4.69) is 31.2 Å². The molecule has 0 radical (unpaired) electrons. The molecule has 5 heteroatoms. The molecule has 1 aromatic heterocycles. The van der Waals surface area contributed by atoms with Crippen LogP contribution in [0.25, 0.3) is 0 Å². The number of likely N-dealkylation sites (tertiary alicyclic amines) is 1. The summed E-state index contributed by atoms with van der Waals surface area (Å²) in [5.41, 5.74) is 1.69. The van der Waals surface area contributed by atoms with Crippen LogP contribution in [0.15, 0.2) is 6.07 Å². The van der Waals surface area contributed by atoms with Crippen LogP contribution in [0.5, 0.6) is 0 Å². The van der Waals surface area contributed by atoms with Gasteiger partial charge in [-0.3, -0.25) is 9.48 Å². The van der Waals surface area contributed by atoms with Crippen LogP contribution in [0.4, 0.5) is 0 Å². The maximum atomic E-state index is 12.7. The van der Waals surface area contributed by atoms with Crippen LogP contribution >= 0.6 is 0 Å². The normalized spacial score (nSPS) is 19.3. The summed E-state index contributed by atoms with van der Waals surface area (Å²) < 4.78 is 1.72. The van der Waals surface area contributed by atoms with Crippen LogP contribution < -0.4 is 5.32 Å². The molecule has 1 atom stereocenters. The number of amides is 1. The summed E-state index contributed by atoms with van der Waals surface area (Å²) in [5.74, 6) is 0.683. The highest BCUT2D eigenvalue weighted by Gasteiger charge is 2.26. The van der Waals surface area contributed by atoms with Crippen molar-refractivity contribution in [2.75, 3.05) is 19.6 Å². The van der Waals surface area contributed by atoms with Crippen LogP contribution in [0.3, 0.4) is 0 Å². The van der Waals surface area contributed by atoms with Crippen molar-refractivity contribution < 1.29 is 4.79 Å². The topological polar surface area (TPSA) is 50.2 Å². The number of nitrogens with zero attached hydrogens (tertiary/aromatic N) is 3. The molecule has 1 aliphatic heterocycles. The average Bonchev–Trinajstić information content (AvgIpc) is 2.86. The number of aromatic nitrogens is 2. The predicted octanol–water partition coefficient (Wildman–Crippen LogP) is 1.83. The van der Waals surface area contributed by atoms with E-state index >= 15 is 0 Å². The molecule has 2 rings (SSSR count). The van der Waals surface area contributed by atoms with E-state index in [-0.39, 0.29) is 5.91 Å². The Bertz CT molecular complexity index is 481. The standard InChI is InChI=1S/C16H28N4O/c1-5-14-9-15(19(4)18-14)16(21)20-8-6-7-13(11-20)10-17-12(2)3/h9,12-13,17H,5-8,10-11H2,1-4H3. The monoisotopic (exact) mass is 292 g/mol. The third-order valence-corrected chi connectivity index (χ3v) is 4.13. The van der Waals surface area contributed by atoms with E-state index < -0.39 is 0 Å². The molecule has 0 aliphatic carbocycles. The molecule has 1 fully saturated rings. The van der Waals surface area contributed by atoms with Crippen LogP contribution in [0.2, 0.25) is 0 Å². The third-order valence-electron chi connectivity index (χ3n) is 4.13. The Morgan fingerprint density at radius 2 is 2.29 bits per heavy atom. The van der Waals surface area contributed by atoms with Gasteiger partial charge >= 0.3 is 0 Å². The lowest BCUT2D eigenvalue weighted by Gasteiger charge is -2.33. The minimum Gasteiger partial charge on any atom is -0.337 e. The highest BCUT2D eigenvalue weighted by Crippen LogP contribution is 2.18. The Kier molecular flexibility index (Phi) is 5.39. The van der Waals surface area contributed by atoms with E-state index in [4.69, 9.17) is 0 Å². The number of hydrogen-bond acceptors (Lipinski definition) is 3. The quantitative estimate of drug-likeness (QED) is 0.901. The molecule has 1 saturated heterocycles. The molecule has 21 heavy (non-hydrogen) atoms. The zero-order valence-corrected chi connectivity index (χ0v) is 13.7. The number of nitrogens with one attached hydrogen (secondary N) is 1. The third kappa shape index (κ3) is 4.06. The first-order chi connectivity index (χ1) is 10.0. The van der Waals surface area contributed by atoms with Crippen molar-refractivity contribution in [3.63, 3.8) is 0 Å². The van der Waals surface area contributed by atoms with E-state index in [1.165, 1.54) is 6.42 Å². The van der Waals surface area contributed by atoms with Crippen molar-refractivity contribution in [1.82, 2.24) is 20.0 Å². The van der Waals surface area contributed by atoms with Crippen LogP contribution in [0, 0.1) is 5.92 Å². The molecular formula is C16H28N4O. The molecule has 0 saturated carbocycles. The van der Waals surface area contributed by atoms with Gasteiger partial charge in [-0.1, -0.05) is 20.8 Å². The summed E-state index contributed by atoms with van der Waals surface area (Å²) in [4.78, 5) is 14.7. The van der Waals surface area contributed by atoms with Gasteiger partial charge in [-0.15, -0.1) is 0 Å². The summed E-state index contributed by atoms with van der Waals surface area (Å²) in [6.45, 7) is 9.09. The number of hydrogen-bond donors (Lipinski definition) is 1. The molecule has 0 spiro atoms. The summed E-state index contributed by atoms with van der Waals surface area (Å²) in [6, 6.07) is 2.43. The fourth-order valence-electron chi connectivity index (χ4n) is 2.88. The van der Waals surface area contributed by atoms with Crippen molar-refractivity contribution in [2.45, 2.75) is 46.1 Å². The van der Waals surface area contributed by atoms with Gasteiger partial charge in [0.2, 0.25) is 0 Å². The maximum Gasteiger partial charge on any atom is 0.272 e. The zero-order valence-electron chi connectivity index (χ0n) is 13.7. The predicted molar refractivity (Wildman–Crippen MR) is 84.4 cm³/mol. The molecule has 2 heterocycles. The Labute approximate surface area is 127 Å². The van der Waals surface area contributed by atoms with Crippen LogP contribution in [-0.4, -0.2) is 46.3 Å². The van der Waals surface area contributed by atoms with E-state index in [0.29, 0.717) is 17.7 Å². The molecule has 1 aliphatic rings. The van der Waals surface area contributed by atoms with Gasteiger partial charge in [0, 0.05) is 26.2 Å². The minimum absolute atomic E-state index is 0.124. The van der Waals surface area contributed by atoms with Crippen molar-refractivity contribution >= 4 is 5.91 Å².